The van der Waals surface area contributed by atoms with Crippen LogP contribution in [0.15, 0.2) is 18.2 Å². The Labute approximate surface area is 106 Å². The fourth-order valence-corrected chi connectivity index (χ4v) is 1.58. The van der Waals surface area contributed by atoms with E-state index in [1.54, 1.807) is 12.1 Å². The molecular weight excluding hydrogens is 234 g/mol. The molecule has 5 N–H and O–H groups in total. The standard InChI is InChI=1S/C13H19NO4/c1-13(2,3)7-4-5-9(15)8(6-7)10(16)11(17)12(14)18/h4-6,10-11,15-17H,1-3H3,(H2,14,18). The average molecular weight is 253 g/mol. The van der Waals surface area contributed by atoms with Crippen LogP contribution in [0.1, 0.15) is 38.0 Å². The molecule has 0 heterocycles. The van der Waals surface area contributed by atoms with Gasteiger partial charge in [-0.1, -0.05) is 26.8 Å². The molecule has 0 fully saturated rings. The van der Waals surface area contributed by atoms with Gasteiger partial charge in [0.15, 0.2) is 6.10 Å². The molecule has 0 aliphatic carbocycles. The van der Waals surface area contributed by atoms with Crippen LogP contribution in [-0.4, -0.2) is 27.3 Å². The molecule has 0 spiro atoms. The third-order valence-electron chi connectivity index (χ3n) is 2.80. The minimum Gasteiger partial charge on any atom is -0.508 e. The number of rotatable bonds is 3. The number of phenolic OH excluding ortho intramolecular Hbond substituents is 1. The highest BCUT2D eigenvalue weighted by molar-refractivity contribution is 5.79. The highest BCUT2D eigenvalue weighted by atomic mass is 16.3. The maximum Gasteiger partial charge on any atom is 0.249 e. The van der Waals surface area contributed by atoms with Crippen molar-refractivity contribution in [1.82, 2.24) is 0 Å². The second-order valence-electron chi connectivity index (χ2n) is 5.32. The number of aliphatic hydroxyl groups excluding tert-OH is 2. The summed E-state index contributed by atoms with van der Waals surface area (Å²) in [5.74, 6) is -1.22. The molecule has 5 heteroatoms. The van der Waals surface area contributed by atoms with Crippen molar-refractivity contribution in [3.8, 4) is 5.75 Å². The number of aromatic hydroxyl groups is 1. The lowest BCUT2D eigenvalue weighted by Gasteiger charge is -2.22. The van der Waals surface area contributed by atoms with E-state index in [0.717, 1.165) is 5.56 Å². The number of phenols is 1. The van der Waals surface area contributed by atoms with Crippen LogP contribution in [0.25, 0.3) is 0 Å². The first kappa shape index (κ1) is 14.5. The van der Waals surface area contributed by atoms with E-state index < -0.39 is 18.1 Å². The van der Waals surface area contributed by atoms with E-state index in [1.807, 2.05) is 20.8 Å². The summed E-state index contributed by atoms with van der Waals surface area (Å²) in [7, 11) is 0. The first-order valence-corrected chi connectivity index (χ1v) is 5.63. The van der Waals surface area contributed by atoms with E-state index in [9.17, 15) is 20.1 Å². The SMILES string of the molecule is CC(C)(C)c1ccc(O)c(C(O)C(O)C(N)=O)c1. The molecule has 0 radical (unpaired) electrons. The van der Waals surface area contributed by atoms with Crippen LogP contribution >= 0.6 is 0 Å². The van der Waals surface area contributed by atoms with Gasteiger partial charge in [0.2, 0.25) is 5.91 Å². The minimum absolute atomic E-state index is 0.0914. The number of aliphatic hydroxyl groups is 2. The summed E-state index contributed by atoms with van der Waals surface area (Å²) in [6.45, 7) is 5.92. The van der Waals surface area contributed by atoms with Crippen LogP contribution in [-0.2, 0) is 10.2 Å². The van der Waals surface area contributed by atoms with Gasteiger partial charge in [-0.05, 0) is 23.1 Å². The number of hydrogen-bond donors (Lipinski definition) is 4. The van der Waals surface area contributed by atoms with Crippen LogP contribution in [0.3, 0.4) is 0 Å². The first-order chi connectivity index (χ1) is 8.14. The van der Waals surface area contributed by atoms with E-state index in [2.05, 4.69) is 0 Å². The highest BCUT2D eigenvalue weighted by Gasteiger charge is 2.27. The van der Waals surface area contributed by atoms with Crippen molar-refractivity contribution >= 4 is 5.91 Å². The number of primary amides is 1. The quantitative estimate of drug-likeness (QED) is 0.632. The molecule has 100 valence electrons. The number of benzene rings is 1. The summed E-state index contributed by atoms with van der Waals surface area (Å²) in [6.07, 6.45) is -3.28. The van der Waals surface area contributed by atoms with Gasteiger partial charge in [-0.25, -0.2) is 0 Å². The van der Waals surface area contributed by atoms with Crippen molar-refractivity contribution in [2.24, 2.45) is 5.73 Å². The summed E-state index contributed by atoms with van der Waals surface area (Å²) in [6, 6.07) is 4.71. The molecule has 1 amide bonds. The summed E-state index contributed by atoms with van der Waals surface area (Å²) < 4.78 is 0. The molecule has 2 atom stereocenters. The van der Waals surface area contributed by atoms with E-state index in [4.69, 9.17) is 5.73 Å². The van der Waals surface area contributed by atoms with Crippen molar-refractivity contribution in [1.29, 1.82) is 0 Å². The zero-order valence-corrected chi connectivity index (χ0v) is 10.7. The zero-order chi connectivity index (χ0) is 14.1. The van der Waals surface area contributed by atoms with E-state index in [1.165, 1.54) is 6.07 Å². The van der Waals surface area contributed by atoms with Crippen LogP contribution < -0.4 is 5.73 Å². The Morgan fingerprint density at radius 3 is 2.28 bits per heavy atom. The molecule has 0 aliphatic rings. The minimum atomic E-state index is -1.74. The molecule has 0 bridgehead atoms. The van der Waals surface area contributed by atoms with Gasteiger partial charge in [-0.15, -0.1) is 0 Å². The smallest absolute Gasteiger partial charge is 0.249 e. The lowest BCUT2D eigenvalue weighted by atomic mass is 9.85. The zero-order valence-electron chi connectivity index (χ0n) is 10.7. The maximum absolute atomic E-state index is 10.8. The molecular formula is C13H19NO4. The van der Waals surface area contributed by atoms with Gasteiger partial charge >= 0.3 is 0 Å². The second kappa shape index (κ2) is 4.96. The largest absolute Gasteiger partial charge is 0.508 e. The Bertz CT molecular complexity index is 451. The third kappa shape index (κ3) is 3.00. The molecule has 0 aromatic heterocycles. The molecule has 0 aliphatic heterocycles. The average Bonchev–Trinajstić information content (AvgIpc) is 2.26. The Morgan fingerprint density at radius 1 is 1.28 bits per heavy atom. The maximum atomic E-state index is 10.8. The Balaban J connectivity index is 3.20. The third-order valence-corrected chi connectivity index (χ3v) is 2.80. The summed E-state index contributed by atoms with van der Waals surface area (Å²) in [5.41, 5.74) is 5.69. The van der Waals surface area contributed by atoms with E-state index in [0.29, 0.717) is 0 Å². The summed E-state index contributed by atoms with van der Waals surface area (Å²) in [4.78, 5) is 10.8. The molecule has 0 saturated heterocycles. The fraction of sp³-hybridized carbons (Fsp3) is 0.462. The van der Waals surface area contributed by atoms with Crippen molar-refractivity contribution in [3.05, 3.63) is 29.3 Å². The van der Waals surface area contributed by atoms with Crippen LogP contribution in [0, 0.1) is 0 Å². The molecule has 1 aromatic rings. The topological polar surface area (TPSA) is 104 Å². The Kier molecular flexibility index (Phi) is 3.98. The summed E-state index contributed by atoms with van der Waals surface area (Å²) >= 11 is 0. The van der Waals surface area contributed by atoms with E-state index >= 15 is 0 Å². The molecule has 0 saturated carbocycles. The van der Waals surface area contributed by atoms with Crippen LogP contribution in [0.4, 0.5) is 0 Å². The van der Waals surface area contributed by atoms with Gasteiger partial charge in [-0.2, -0.15) is 0 Å². The van der Waals surface area contributed by atoms with Gasteiger partial charge in [0.1, 0.15) is 11.9 Å². The van der Waals surface area contributed by atoms with Crippen molar-refractivity contribution in [2.75, 3.05) is 0 Å². The molecule has 2 unspecified atom stereocenters. The second-order valence-corrected chi connectivity index (χ2v) is 5.32. The first-order valence-electron chi connectivity index (χ1n) is 5.63. The van der Waals surface area contributed by atoms with Gasteiger partial charge < -0.3 is 21.1 Å². The van der Waals surface area contributed by atoms with Crippen molar-refractivity contribution in [2.45, 2.75) is 38.4 Å². The number of carbonyl (C=O) groups excluding carboxylic acids is 1. The predicted octanol–water partition coefficient (Wildman–Crippen LogP) is 0.569. The number of amides is 1. The Morgan fingerprint density at radius 2 is 1.83 bits per heavy atom. The van der Waals surface area contributed by atoms with E-state index in [-0.39, 0.29) is 16.7 Å². The van der Waals surface area contributed by atoms with Gasteiger partial charge in [-0.3, -0.25) is 4.79 Å². The highest BCUT2D eigenvalue weighted by Crippen LogP contribution is 2.32. The molecule has 5 nitrogen and oxygen atoms in total. The Hall–Kier alpha value is -1.59. The monoisotopic (exact) mass is 253 g/mol. The lowest BCUT2D eigenvalue weighted by Crippen LogP contribution is -2.34. The molecule has 1 aromatic carbocycles. The number of hydrogen-bond acceptors (Lipinski definition) is 4. The van der Waals surface area contributed by atoms with Gasteiger partial charge in [0.25, 0.3) is 0 Å². The lowest BCUT2D eigenvalue weighted by molar-refractivity contribution is -0.132. The normalized spacial score (nSPS) is 15.2. The van der Waals surface area contributed by atoms with Crippen molar-refractivity contribution in [3.63, 3.8) is 0 Å². The predicted molar refractivity (Wildman–Crippen MR) is 67.0 cm³/mol. The van der Waals surface area contributed by atoms with Gasteiger partial charge in [0.05, 0.1) is 0 Å². The number of carbonyl (C=O) groups is 1. The van der Waals surface area contributed by atoms with Crippen LogP contribution in [0.5, 0.6) is 5.75 Å². The molecule has 1 rings (SSSR count). The molecule has 18 heavy (non-hydrogen) atoms. The summed E-state index contributed by atoms with van der Waals surface area (Å²) in [5, 5.41) is 28.9. The van der Waals surface area contributed by atoms with Crippen molar-refractivity contribution < 1.29 is 20.1 Å². The van der Waals surface area contributed by atoms with Crippen LogP contribution in [0.2, 0.25) is 0 Å². The number of nitrogens with two attached hydrogens (primary N) is 1. The van der Waals surface area contributed by atoms with Gasteiger partial charge in [0, 0.05) is 5.56 Å². The fourth-order valence-electron chi connectivity index (χ4n) is 1.58.